The molecule has 2 aliphatic heterocycles. The van der Waals surface area contributed by atoms with Crippen LogP contribution in [-0.2, 0) is 19.1 Å². The van der Waals surface area contributed by atoms with Crippen molar-refractivity contribution in [3.8, 4) is 0 Å². The number of carboxylic acid groups (broad SMARTS) is 1. The number of hydrogen-bond acceptors (Lipinski definition) is 12. The van der Waals surface area contributed by atoms with Crippen LogP contribution in [0.4, 0.5) is 0 Å². The Hall–Kier alpha value is -3.24. The summed E-state index contributed by atoms with van der Waals surface area (Å²) in [6.07, 6.45) is 12.9. The Labute approximate surface area is 325 Å². The van der Waals surface area contributed by atoms with E-state index in [1.165, 1.54) is 0 Å². The number of allylic oxidation sites excluding steroid dienone is 13. The highest BCUT2D eigenvalue weighted by Crippen LogP contribution is 2.38. The van der Waals surface area contributed by atoms with E-state index in [1.54, 1.807) is 26.0 Å². The number of cyclic esters (lactones) is 1. The first-order valence-corrected chi connectivity index (χ1v) is 19.2. The highest BCUT2D eigenvalue weighted by atomic mass is 16.6. The molecule has 0 aromatic carbocycles. The van der Waals surface area contributed by atoms with Gasteiger partial charge in [0.2, 0.25) is 0 Å². The summed E-state index contributed by atoms with van der Waals surface area (Å²) in [6.45, 7) is 7.10. The van der Waals surface area contributed by atoms with Crippen molar-refractivity contribution in [2.45, 2.75) is 140 Å². The van der Waals surface area contributed by atoms with Crippen molar-refractivity contribution in [1.29, 1.82) is 0 Å². The van der Waals surface area contributed by atoms with Crippen LogP contribution in [0.1, 0.15) is 79.1 Å². The first kappa shape index (κ1) is 47.9. The maximum absolute atomic E-state index is 12.5. The average Bonchev–Trinajstić information content (AvgIpc) is 3.08. The van der Waals surface area contributed by atoms with E-state index in [4.69, 9.17) is 9.47 Å². The number of carboxylic acids is 1. The number of rotatable bonds is 1. The highest BCUT2D eigenvalue weighted by molar-refractivity contribution is 5.71. The third-order valence-corrected chi connectivity index (χ3v) is 10.1. The van der Waals surface area contributed by atoms with Gasteiger partial charge in [-0.3, -0.25) is 9.59 Å². The minimum atomic E-state index is -2.11. The number of hydrogen-bond donors (Lipinski definition) is 9. The molecule has 0 aromatic rings. The molecule has 0 amide bonds. The van der Waals surface area contributed by atoms with Crippen LogP contribution in [0.2, 0.25) is 0 Å². The number of carbonyl (C=O) groups excluding carboxylic acids is 1. The molecule has 1 saturated heterocycles. The topological polar surface area (TPSA) is 235 Å². The van der Waals surface area contributed by atoms with Gasteiger partial charge in [-0.15, -0.1) is 0 Å². The van der Waals surface area contributed by atoms with Crippen molar-refractivity contribution < 1.29 is 65.0 Å². The number of ether oxygens (including phenoxy) is 2. The minimum absolute atomic E-state index is 0.0510. The average molecular weight is 777 g/mol. The lowest BCUT2D eigenvalue weighted by molar-refractivity contribution is -0.299. The van der Waals surface area contributed by atoms with Gasteiger partial charge in [0.15, 0.2) is 5.79 Å². The largest absolute Gasteiger partial charge is 0.481 e. The molecule has 0 spiro atoms. The fraction of sp³-hybridized carbons (Fsp3) is 0.619. The molecule has 0 aromatic heterocycles. The third-order valence-electron chi connectivity index (χ3n) is 10.1. The highest BCUT2D eigenvalue weighted by Gasteiger charge is 2.49. The van der Waals surface area contributed by atoms with E-state index in [0.29, 0.717) is 0 Å². The SMILES string of the molecule is C[C@@H]1[C@H](O)[C@@H](C)/C=C/C=C/C=C/C=C/C=C/C=C/C=C/[C@H](C)C[C@@H]2O[C@](O)(C[C@@H](O)C[C@@H](O)[C@H](O)CC[C@@H](O)C[C@@H](O)CC(=O)O[C@H]1C)C[C@H](O)[C@H]2C(=O)O. The number of fused-ring (bicyclic) bond motifs is 2. The second kappa shape index (κ2) is 24.4. The normalized spacial score (nSPS) is 43.1. The Morgan fingerprint density at radius 1 is 0.655 bits per heavy atom. The number of aliphatic hydroxyl groups excluding tert-OH is 7. The van der Waals surface area contributed by atoms with E-state index in [-0.39, 0.29) is 37.5 Å². The standard InChI is InChI=1S/C42H64O13/c1-27-17-15-13-11-9-7-5-6-8-10-12-14-16-18-28(2)40(50)29(3)30(4)54-38(49)24-32(44)22-31(43)19-20-34(46)35(47)23-33(45)25-42(53)26-36(48)39(41(51)52)37(21-27)55-42/h5-18,27-37,39-40,43-48,50,53H,19-26H2,1-4H3,(H,51,52)/b6-5+,9-7+,10-8+,13-11+,14-12+,17-15+,18-16+/t27-,28-,29-,30-,31+,32+,33-,34+,35+,36-,37-,39+,40+,42+/m0/s1. The molecule has 1 fully saturated rings. The molecule has 2 rings (SSSR count). The van der Waals surface area contributed by atoms with Crippen molar-refractivity contribution >= 4 is 11.9 Å². The molecule has 55 heavy (non-hydrogen) atoms. The fourth-order valence-corrected chi connectivity index (χ4v) is 6.72. The maximum atomic E-state index is 12.5. The molecule has 0 saturated carbocycles. The smallest absolute Gasteiger partial charge is 0.311 e. The lowest BCUT2D eigenvalue weighted by atomic mass is 9.81. The summed E-state index contributed by atoms with van der Waals surface area (Å²) in [4.78, 5) is 24.6. The van der Waals surface area contributed by atoms with Crippen LogP contribution in [0.3, 0.4) is 0 Å². The molecular weight excluding hydrogens is 712 g/mol. The molecule has 13 nitrogen and oxygen atoms in total. The molecule has 2 aliphatic rings. The van der Waals surface area contributed by atoms with Gasteiger partial charge in [-0.1, -0.05) is 106 Å². The quantitative estimate of drug-likeness (QED) is 0.174. The van der Waals surface area contributed by atoms with Crippen molar-refractivity contribution in [1.82, 2.24) is 0 Å². The van der Waals surface area contributed by atoms with Gasteiger partial charge in [-0.2, -0.15) is 0 Å². The van der Waals surface area contributed by atoms with E-state index in [2.05, 4.69) is 0 Å². The Bertz CT molecular complexity index is 1370. The van der Waals surface area contributed by atoms with E-state index < -0.39 is 110 Å². The zero-order valence-corrected chi connectivity index (χ0v) is 32.4. The van der Waals surface area contributed by atoms with Gasteiger partial charge in [0.1, 0.15) is 12.0 Å². The lowest BCUT2D eigenvalue weighted by Gasteiger charge is -2.44. The van der Waals surface area contributed by atoms with Gasteiger partial charge in [-0.05, 0) is 38.5 Å². The molecule has 2 bridgehead atoms. The first-order valence-electron chi connectivity index (χ1n) is 19.2. The van der Waals surface area contributed by atoms with Crippen molar-refractivity contribution in [2.24, 2.45) is 23.7 Å². The molecule has 13 heteroatoms. The lowest BCUT2D eigenvalue weighted by Crippen LogP contribution is -2.55. The zero-order chi connectivity index (χ0) is 41.1. The molecule has 0 unspecified atom stereocenters. The number of aliphatic carboxylic acids is 1. The zero-order valence-electron chi connectivity index (χ0n) is 32.4. The van der Waals surface area contributed by atoms with Crippen molar-refractivity contribution in [3.05, 3.63) is 85.1 Å². The number of aliphatic hydroxyl groups is 8. The van der Waals surface area contributed by atoms with Gasteiger partial charge in [0.25, 0.3) is 0 Å². The second-order valence-corrected chi connectivity index (χ2v) is 15.1. The van der Waals surface area contributed by atoms with Crippen LogP contribution < -0.4 is 0 Å². The van der Waals surface area contributed by atoms with Crippen LogP contribution in [0, 0.1) is 23.7 Å². The summed E-state index contributed by atoms with van der Waals surface area (Å²) in [5.74, 6) is -6.30. The summed E-state index contributed by atoms with van der Waals surface area (Å²) < 4.78 is 11.3. The molecular formula is C42H64O13. The summed E-state index contributed by atoms with van der Waals surface area (Å²) in [5.41, 5.74) is 0. The second-order valence-electron chi connectivity index (χ2n) is 15.1. The van der Waals surface area contributed by atoms with Crippen LogP contribution in [0.5, 0.6) is 0 Å². The Morgan fingerprint density at radius 3 is 1.76 bits per heavy atom. The van der Waals surface area contributed by atoms with Gasteiger partial charge < -0.3 is 55.4 Å². The Kier molecular flexibility index (Phi) is 21.3. The van der Waals surface area contributed by atoms with Gasteiger partial charge in [-0.25, -0.2) is 0 Å². The Balaban J connectivity index is 2.18. The number of esters is 1. The summed E-state index contributed by atoms with van der Waals surface area (Å²) >= 11 is 0. The monoisotopic (exact) mass is 776 g/mol. The van der Waals surface area contributed by atoms with Gasteiger partial charge >= 0.3 is 11.9 Å². The van der Waals surface area contributed by atoms with Gasteiger partial charge in [0, 0.05) is 31.1 Å². The third kappa shape index (κ3) is 18.1. The number of carbonyl (C=O) groups is 2. The molecule has 2 heterocycles. The van der Waals surface area contributed by atoms with Crippen molar-refractivity contribution in [3.63, 3.8) is 0 Å². The van der Waals surface area contributed by atoms with Gasteiger partial charge in [0.05, 0.1) is 55.3 Å². The summed E-state index contributed by atoms with van der Waals surface area (Å²) in [5, 5.41) is 95.3. The van der Waals surface area contributed by atoms with E-state index >= 15 is 0 Å². The predicted molar refractivity (Wildman–Crippen MR) is 207 cm³/mol. The van der Waals surface area contributed by atoms with Crippen LogP contribution in [0.15, 0.2) is 85.1 Å². The Morgan fingerprint density at radius 2 is 1.20 bits per heavy atom. The van der Waals surface area contributed by atoms with E-state index in [1.807, 2.05) is 86.8 Å². The molecule has 9 N–H and O–H groups in total. The maximum Gasteiger partial charge on any atom is 0.311 e. The predicted octanol–water partition coefficient (Wildman–Crippen LogP) is 3.17. The summed E-state index contributed by atoms with van der Waals surface area (Å²) in [7, 11) is 0. The fourth-order valence-electron chi connectivity index (χ4n) is 6.72. The summed E-state index contributed by atoms with van der Waals surface area (Å²) in [6, 6.07) is 0. The molecule has 0 aliphatic carbocycles. The van der Waals surface area contributed by atoms with Crippen LogP contribution in [0.25, 0.3) is 0 Å². The van der Waals surface area contributed by atoms with E-state index in [9.17, 15) is 55.5 Å². The molecule has 310 valence electrons. The first-order chi connectivity index (χ1) is 25.9. The van der Waals surface area contributed by atoms with Crippen molar-refractivity contribution in [2.75, 3.05) is 0 Å². The molecule has 14 atom stereocenters. The molecule has 0 radical (unpaired) electrons. The van der Waals surface area contributed by atoms with Crippen LogP contribution in [-0.4, -0.2) is 119 Å². The van der Waals surface area contributed by atoms with E-state index in [0.717, 1.165) is 0 Å². The minimum Gasteiger partial charge on any atom is -0.481 e. The van der Waals surface area contributed by atoms with Crippen LogP contribution >= 0.6 is 0 Å².